The summed E-state index contributed by atoms with van der Waals surface area (Å²) in [5.41, 5.74) is 6.92. The van der Waals surface area contributed by atoms with Crippen molar-refractivity contribution in [3.63, 3.8) is 0 Å². The molecule has 110 valence electrons. The minimum atomic E-state index is 0.495. The van der Waals surface area contributed by atoms with Crippen LogP contribution in [-0.4, -0.2) is 36.1 Å². The topological polar surface area (TPSA) is 67.1 Å². The first-order valence-corrected chi connectivity index (χ1v) is 7.32. The van der Waals surface area contributed by atoms with Crippen LogP contribution in [0.4, 0.5) is 11.6 Å². The lowest BCUT2D eigenvalue weighted by Crippen LogP contribution is -2.57. The lowest BCUT2D eigenvalue weighted by atomic mass is 10.1. The molecule has 1 aliphatic rings. The van der Waals surface area contributed by atoms with Crippen molar-refractivity contribution in [3.05, 3.63) is 46.7 Å². The van der Waals surface area contributed by atoms with E-state index in [9.17, 15) is 0 Å². The molecule has 0 atom stereocenters. The zero-order chi connectivity index (χ0) is 14.8. The van der Waals surface area contributed by atoms with Gasteiger partial charge in [-0.05, 0) is 18.7 Å². The van der Waals surface area contributed by atoms with Gasteiger partial charge in [0.2, 0.25) is 0 Å². The number of hydrogen-bond donors (Lipinski definition) is 2. The van der Waals surface area contributed by atoms with Crippen molar-refractivity contribution in [1.29, 1.82) is 0 Å². The molecular formula is C15H18ClN5. The standard InChI is InChI=1S/C15H18ClN5/c1-18-11-8-21(9-11)15-7-13(17)19-14(20-15)6-10-4-2-3-5-12(10)16/h2-5,7,11,18H,6,8-9H2,1H3,(H2,17,19,20). The number of nitrogens with one attached hydrogen (secondary N) is 1. The summed E-state index contributed by atoms with van der Waals surface area (Å²) in [5, 5.41) is 3.97. The van der Waals surface area contributed by atoms with E-state index in [1.807, 2.05) is 37.4 Å². The molecular weight excluding hydrogens is 286 g/mol. The van der Waals surface area contributed by atoms with Gasteiger partial charge in [-0.3, -0.25) is 0 Å². The molecule has 2 heterocycles. The summed E-state index contributed by atoms with van der Waals surface area (Å²) < 4.78 is 0. The van der Waals surface area contributed by atoms with Crippen molar-refractivity contribution in [1.82, 2.24) is 15.3 Å². The van der Waals surface area contributed by atoms with Gasteiger partial charge in [0.05, 0.1) is 0 Å². The van der Waals surface area contributed by atoms with Gasteiger partial charge >= 0.3 is 0 Å². The first kappa shape index (κ1) is 14.1. The summed E-state index contributed by atoms with van der Waals surface area (Å²) in [6.45, 7) is 1.89. The van der Waals surface area contributed by atoms with Crippen molar-refractivity contribution in [3.8, 4) is 0 Å². The molecule has 0 aliphatic carbocycles. The molecule has 0 unspecified atom stereocenters. The van der Waals surface area contributed by atoms with Crippen LogP contribution in [0, 0.1) is 0 Å². The molecule has 0 saturated carbocycles. The Kier molecular flexibility index (Phi) is 3.94. The Hall–Kier alpha value is -1.85. The highest BCUT2D eigenvalue weighted by molar-refractivity contribution is 6.31. The van der Waals surface area contributed by atoms with Crippen LogP contribution in [0.3, 0.4) is 0 Å². The van der Waals surface area contributed by atoms with Crippen LogP contribution in [0.2, 0.25) is 5.02 Å². The number of rotatable bonds is 4. The number of halogens is 1. The molecule has 0 radical (unpaired) electrons. The van der Waals surface area contributed by atoms with Crippen molar-refractivity contribution >= 4 is 23.2 Å². The second-order valence-corrected chi connectivity index (χ2v) is 5.63. The molecule has 1 aromatic carbocycles. The Morgan fingerprint density at radius 3 is 2.81 bits per heavy atom. The number of nitrogens with zero attached hydrogens (tertiary/aromatic N) is 3. The average Bonchev–Trinajstić information content (AvgIpc) is 2.40. The molecule has 0 spiro atoms. The summed E-state index contributed by atoms with van der Waals surface area (Å²) in [5.74, 6) is 2.08. The van der Waals surface area contributed by atoms with Crippen LogP contribution < -0.4 is 16.0 Å². The fourth-order valence-electron chi connectivity index (χ4n) is 2.40. The van der Waals surface area contributed by atoms with Gasteiger partial charge in [-0.15, -0.1) is 0 Å². The van der Waals surface area contributed by atoms with Gasteiger partial charge in [-0.25, -0.2) is 9.97 Å². The summed E-state index contributed by atoms with van der Waals surface area (Å²) in [6, 6.07) is 10.1. The number of anilines is 2. The predicted octanol–water partition coefficient (Wildman–Crippen LogP) is 1.71. The quantitative estimate of drug-likeness (QED) is 0.900. The van der Waals surface area contributed by atoms with Crippen LogP contribution in [0.25, 0.3) is 0 Å². The van der Waals surface area contributed by atoms with E-state index in [1.54, 1.807) is 0 Å². The number of nitrogen functional groups attached to an aromatic ring is 1. The molecule has 1 aromatic heterocycles. The number of nitrogens with two attached hydrogens (primary N) is 1. The minimum absolute atomic E-state index is 0.495. The first-order chi connectivity index (χ1) is 10.2. The Morgan fingerprint density at radius 2 is 2.10 bits per heavy atom. The average molecular weight is 304 g/mol. The van der Waals surface area contributed by atoms with Crippen molar-refractivity contribution in [2.75, 3.05) is 30.8 Å². The maximum absolute atomic E-state index is 6.19. The van der Waals surface area contributed by atoms with Crippen molar-refractivity contribution in [2.24, 2.45) is 0 Å². The molecule has 0 amide bonds. The van der Waals surface area contributed by atoms with E-state index in [1.165, 1.54) is 0 Å². The third-order valence-electron chi connectivity index (χ3n) is 3.70. The normalized spacial score (nSPS) is 15.0. The van der Waals surface area contributed by atoms with Crippen LogP contribution >= 0.6 is 11.6 Å². The Bertz CT molecular complexity index is 640. The van der Waals surface area contributed by atoms with E-state index < -0.39 is 0 Å². The molecule has 1 aliphatic heterocycles. The van der Waals surface area contributed by atoms with Gasteiger partial charge in [-0.1, -0.05) is 29.8 Å². The van der Waals surface area contributed by atoms with Crippen LogP contribution in [0.1, 0.15) is 11.4 Å². The molecule has 1 fully saturated rings. The van der Waals surface area contributed by atoms with Crippen LogP contribution in [0.15, 0.2) is 30.3 Å². The number of benzene rings is 1. The zero-order valence-electron chi connectivity index (χ0n) is 11.9. The van der Waals surface area contributed by atoms with Crippen molar-refractivity contribution < 1.29 is 0 Å². The maximum atomic E-state index is 6.19. The second-order valence-electron chi connectivity index (χ2n) is 5.23. The Labute approximate surface area is 129 Å². The summed E-state index contributed by atoms with van der Waals surface area (Å²) in [6.07, 6.45) is 0.584. The fraction of sp³-hybridized carbons (Fsp3) is 0.333. The van der Waals surface area contributed by atoms with Gasteiger partial charge in [-0.2, -0.15) is 0 Å². The largest absolute Gasteiger partial charge is 0.384 e. The molecule has 0 bridgehead atoms. The minimum Gasteiger partial charge on any atom is -0.384 e. The molecule has 3 N–H and O–H groups in total. The predicted molar refractivity (Wildman–Crippen MR) is 85.8 cm³/mol. The van der Waals surface area contributed by atoms with Gasteiger partial charge in [0.25, 0.3) is 0 Å². The van der Waals surface area contributed by atoms with Crippen LogP contribution in [-0.2, 0) is 6.42 Å². The van der Waals surface area contributed by atoms with E-state index in [0.717, 1.165) is 29.5 Å². The zero-order valence-corrected chi connectivity index (χ0v) is 12.6. The van der Waals surface area contributed by atoms with E-state index >= 15 is 0 Å². The Morgan fingerprint density at radius 1 is 1.33 bits per heavy atom. The monoisotopic (exact) mass is 303 g/mol. The van der Waals surface area contributed by atoms with Crippen molar-refractivity contribution in [2.45, 2.75) is 12.5 Å². The van der Waals surface area contributed by atoms with Gasteiger partial charge in [0.15, 0.2) is 0 Å². The number of hydrogen-bond acceptors (Lipinski definition) is 5. The number of aromatic nitrogens is 2. The highest BCUT2D eigenvalue weighted by Crippen LogP contribution is 2.22. The highest BCUT2D eigenvalue weighted by atomic mass is 35.5. The SMILES string of the molecule is CNC1CN(c2cc(N)nc(Cc3ccccc3Cl)n2)C1. The summed E-state index contributed by atoms with van der Waals surface area (Å²) >= 11 is 6.19. The maximum Gasteiger partial charge on any atom is 0.137 e. The van der Waals surface area contributed by atoms with E-state index in [0.29, 0.717) is 24.1 Å². The van der Waals surface area contributed by atoms with E-state index in [4.69, 9.17) is 17.3 Å². The smallest absolute Gasteiger partial charge is 0.137 e. The molecule has 1 saturated heterocycles. The van der Waals surface area contributed by atoms with Gasteiger partial charge in [0, 0.05) is 36.6 Å². The summed E-state index contributed by atoms with van der Waals surface area (Å²) in [4.78, 5) is 11.1. The van der Waals surface area contributed by atoms with Crippen LogP contribution in [0.5, 0.6) is 0 Å². The lowest BCUT2D eigenvalue weighted by Gasteiger charge is -2.40. The lowest BCUT2D eigenvalue weighted by molar-refractivity contribution is 0.446. The molecule has 6 heteroatoms. The Balaban J connectivity index is 1.80. The first-order valence-electron chi connectivity index (χ1n) is 6.95. The third-order valence-corrected chi connectivity index (χ3v) is 4.07. The van der Waals surface area contributed by atoms with Gasteiger partial charge in [0.1, 0.15) is 17.5 Å². The third kappa shape index (κ3) is 3.09. The number of likely N-dealkylation sites (N-methyl/N-ethyl adjacent to an activating group) is 1. The molecule has 5 nitrogen and oxygen atoms in total. The molecule has 2 aromatic rings. The van der Waals surface area contributed by atoms with E-state index in [2.05, 4.69) is 20.2 Å². The van der Waals surface area contributed by atoms with Gasteiger partial charge < -0.3 is 16.0 Å². The second kappa shape index (κ2) is 5.87. The van der Waals surface area contributed by atoms with E-state index in [-0.39, 0.29) is 0 Å². The highest BCUT2D eigenvalue weighted by Gasteiger charge is 2.26. The molecule has 3 rings (SSSR count). The fourth-order valence-corrected chi connectivity index (χ4v) is 2.61. The molecule has 21 heavy (non-hydrogen) atoms. The summed E-state index contributed by atoms with van der Waals surface area (Å²) in [7, 11) is 1.97.